The summed E-state index contributed by atoms with van der Waals surface area (Å²) in [5.74, 6) is 0.628. The molecule has 0 unspecified atom stereocenters. The van der Waals surface area contributed by atoms with E-state index in [9.17, 15) is 4.79 Å². The van der Waals surface area contributed by atoms with Crippen molar-refractivity contribution in [2.45, 2.75) is 0 Å². The third kappa shape index (κ3) is 0.756. The van der Waals surface area contributed by atoms with Gasteiger partial charge in [-0.3, -0.25) is 4.79 Å². The molecule has 0 fully saturated rings. The van der Waals surface area contributed by atoms with Gasteiger partial charge in [-0.15, -0.1) is 0 Å². The Kier molecular flexibility index (Phi) is 1.25. The van der Waals surface area contributed by atoms with Gasteiger partial charge >= 0.3 is 0 Å². The average Bonchev–Trinajstić information content (AvgIpc) is 2.76. The zero-order valence-electron chi connectivity index (χ0n) is 7.06. The summed E-state index contributed by atoms with van der Waals surface area (Å²) in [6.45, 7) is 0. The molecule has 0 saturated carbocycles. The van der Waals surface area contributed by atoms with Gasteiger partial charge in [-0.1, -0.05) is 6.07 Å². The minimum atomic E-state index is 0.495. The van der Waals surface area contributed by atoms with E-state index in [1.54, 1.807) is 16.6 Å². The molecule has 2 aromatic heterocycles. The molecule has 2 heterocycles. The van der Waals surface area contributed by atoms with Crippen LogP contribution in [0.4, 0.5) is 0 Å². The zero-order chi connectivity index (χ0) is 9.54. The van der Waals surface area contributed by atoms with Gasteiger partial charge in [0.05, 0.1) is 16.6 Å². The summed E-state index contributed by atoms with van der Waals surface area (Å²) in [5, 5.41) is 4.03. The van der Waals surface area contributed by atoms with E-state index in [-0.39, 0.29) is 0 Å². The summed E-state index contributed by atoms with van der Waals surface area (Å²) < 4.78 is 1.65. The van der Waals surface area contributed by atoms with Gasteiger partial charge in [0.2, 0.25) is 12.1 Å². The highest BCUT2D eigenvalue weighted by Crippen LogP contribution is 2.16. The quantitative estimate of drug-likeness (QED) is 0.606. The molecule has 0 bridgehead atoms. The van der Waals surface area contributed by atoms with Crippen LogP contribution >= 0.6 is 0 Å². The van der Waals surface area contributed by atoms with Gasteiger partial charge in [-0.05, 0) is 12.1 Å². The summed E-state index contributed by atoms with van der Waals surface area (Å²) in [6.07, 6.45) is 3.33. The van der Waals surface area contributed by atoms with E-state index < -0.39 is 0 Å². The number of nitrogens with one attached hydrogen (secondary N) is 1. The molecule has 0 amide bonds. The van der Waals surface area contributed by atoms with Gasteiger partial charge in [0, 0.05) is 0 Å². The maximum atomic E-state index is 10.6. The van der Waals surface area contributed by atoms with Crippen LogP contribution < -0.4 is 0 Å². The van der Waals surface area contributed by atoms with Crippen molar-refractivity contribution in [3.63, 3.8) is 0 Å². The number of imidazole rings is 1. The van der Waals surface area contributed by atoms with Crippen LogP contribution in [-0.4, -0.2) is 25.9 Å². The van der Waals surface area contributed by atoms with Crippen molar-refractivity contribution in [2.24, 2.45) is 0 Å². The lowest BCUT2D eigenvalue weighted by molar-refractivity contribution is 0.563. The largest absolute Gasteiger partial charge is 0.322 e. The Morgan fingerprint density at radius 1 is 1.43 bits per heavy atom. The normalized spacial score (nSPS) is 11.1. The Labute approximate surface area is 78.4 Å². The summed E-state index contributed by atoms with van der Waals surface area (Å²) in [6, 6.07) is 5.36. The number of para-hydroxylation sites is 1. The molecule has 0 aliphatic carbocycles. The van der Waals surface area contributed by atoms with E-state index in [4.69, 9.17) is 0 Å². The minimum Gasteiger partial charge on any atom is -0.322 e. The minimum absolute atomic E-state index is 0.495. The standard InChI is InChI=1S/C9H5N4O/c14-4-6-2-1-3-7-8(6)12-9-10-5-11-13(7)9/h1-3,5H,(H,10,11,12). The highest BCUT2D eigenvalue weighted by Gasteiger charge is 2.08. The molecule has 1 N–H and O–H groups in total. The van der Waals surface area contributed by atoms with Crippen molar-refractivity contribution >= 4 is 23.1 Å². The fourth-order valence-corrected chi connectivity index (χ4v) is 1.55. The van der Waals surface area contributed by atoms with E-state index in [1.165, 1.54) is 6.33 Å². The second-order valence-electron chi connectivity index (χ2n) is 2.92. The lowest BCUT2D eigenvalue weighted by Gasteiger charge is -1.91. The van der Waals surface area contributed by atoms with Crippen molar-refractivity contribution in [3.05, 3.63) is 30.1 Å². The summed E-state index contributed by atoms with van der Waals surface area (Å²) in [7, 11) is 0. The van der Waals surface area contributed by atoms with Gasteiger partial charge in [0.25, 0.3) is 0 Å². The Hall–Kier alpha value is -2.17. The second kappa shape index (κ2) is 2.41. The predicted molar refractivity (Wildman–Crippen MR) is 49.6 cm³/mol. The van der Waals surface area contributed by atoms with Crippen molar-refractivity contribution in [3.8, 4) is 0 Å². The second-order valence-corrected chi connectivity index (χ2v) is 2.92. The molecular formula is C9H5N4O. The molecule has 5 nitrogen and oxygen atoms in total. The van der Waals surface area contributed by atoms with E-state index in [1.807, 2.05) is 12.4 Å². The smallest absolute Gasteiger partial charge is 0.235 e. The number of carbonyl (C=O) groups excluding carboxylic acids is 1. The molecule has 3 rings (SSSR count). The van der Waals surface area contributed by atoms with Gasteiger partial charge in [0.1, 0.15) is 6.33 Å². The van der Waals surface area contributed by atoms with E-state index in [2.05, 4.69) is 15.1 Å². The summed E-state index contributed by atoms with van der Waals surface area (Å²) >= 11 is 0. The van der Waals surface area contributed by atoms with Crippen molar-refractivity contribution in [1.82, 2.24) is 19.6 Å². The molecular weight excluding hydrogens is 180 g/mol. The first-order valence-electron chi connectivity index (χ1n) is 4.09. The van der Waals surface area contributed by atoms with Crippen LogP contribution in [-0.2, 0) is 4.79 Å². The fraction of sp³-hybridized carbons (Fsp3) is 0. The molecule has 0 aliphatic heterocycles. The van der Waals surface area contributed by atoms with Crippen LogP contribution in [0.15, 0.2) is 24.5 Å². The lowest BCUT2D eigenvalue weighted by Crippen LogP contribution is -1.84. The summed E-state index contributed by atoms with van der Waals surface area (Å²) in [5.41, 5.74) is 2.05. The third-order valence-corrected chi connectivity index (χ3v) is 2.17. The Balaban J connectivity index is 2.60. The number of rotatable bonds is 1. The first-order valence-corrected chi connectivity index (χ1v) is 4.09. The SMILES string of the molecule is O=[C]c1cccc2c1[nH]c1ncnn12. The van der Waals surface area contributed by atoms with Crippen molar-refractivity contribution in [1.29, 1.82) is 0 Å². The lowest BCUT2D eigenvalue weighted by atomic mass is 10.2. The molecule has 0 saturated heterocycles. The Bertz CT molecular complexity index is 622. The first-order chi connectivity index (χ1) is 6.90. The maximum absolute atomic E-state index is 10.6. The van der Waals surface area contributed by atoms with Gasteiger partial charge < -0.3 is 4.98 Å². The topological polar surface area (TPSA) is 63.0 Å². The molecule has 0 aliphatic rings. The van der Waals surface area contributed by atoms with Crippen LogP contribution in [0.5, 0.6) is 0 Å². The fourth-order valence-electron chi connectivity index (χ4n) is 1.55. The van der Waals surface area contributed by atoms with Crippen LogP contribution in [0.3, 0.4) is 0 Å². The number of aromatic nitrogens is 4. The number of aromatic amines is 1. The van der Waals surface area contributed by atoms with Crippen LogP contribution in [0, 0.1) is 0 Å². The van der Waals surface area contributed by atoms with Crippen molar-refractivity contribution in [2.75, 3.05) is 0 Å². The van der Waals surface area contributed by atoms with Crippen LogP contribution in [0.25, 0.3) is 16.8 Å². The Morgan fingerprint density at radius 2 is 2.36 bits per heavy atom. The molecule has 1 radical (unpaired) electrons. The van der Waals surface area contributed by atoms with E-state index in [0.717, 1.165) is 11.0 Å². The van der Waals surface area contributed by atoms with Crippen LogP contribution in [0.1, 0.15) is 5.56 Å². The van der Waals surface area contributed by atoms with Gasteiger partial charge in [0.15, 0.2) is 0 Å². The number of nitrogens with zero attached hydrogens (tertiary/aromatic N) is 3. The maximum Gasteiger partial charge on any atom is 0.235 e. The number of fused-ring (bicyclic) bond motifs is 3. The Morgan fingerprint density at radius 3 is 3.21 bits per heavy atom. The molecule has 5 heteroatoms. The molecule has 1 aromatic carbocycles. The first kappa shape index (κ1) is 7.25. The van der Waals surface area contributed by atoms with Gasteiger partial charge in [-0.25, -0.2) is 0 Å². The highest BCUT2D eigenvalue weighted by molar-refractivity contribution is 5.95. The number of hydrogen-bond acceptors (Lipinski definition) is 3. The molecule has 67 valence electrons. The predicted octanol–water partition coefficient (Wildman–Crippen LogP) is 0.668. The van der Waals surface area contributed by atoms with Gasteiger partial charge in [-0.2, -0.15) is 14.6 Å². The molecule has 0 atom stereocenters. The monoisotopic (exact) mass is 185 g/mol. The third-order valence-electron chi connectivity index (χ3n) is 2.17. The van der Waals surface area contributed by atoms with Crippen molar-refractivity contribution < 1.29 is 4.79 Å². The van der Waals surface area contributed by atoms with E-state index in [0.29, 0.717) is 11.3 Å². The van der Waals surface area contributed by atoms with E-state index >= 15 is 0 Å². The number of H-pyrrole nitrogens is 1. The molecule has 3 aromatic rings. The number of benzene rings is 1. The average molecular weight is 185 g/mol. The molecule has 14 heavy (non-hydrogen) atoms. The van der Waals surface area contributed by atoms with Crippen LogP contribution in [0.2, 0.25) is 0 Å². The number of hydrogen-bond donors (Lipinski definition) is 1. The summed E-state index contributed by atoms with van der Waals surface area (Å²) in [4.78, 5) is 17.6. The molecule has 0 spiro atoms. The highest BCUT2D eigenvalue weighted by atomic mass is 16.1. The zero-order valence-corrected chi connectivity index (χ0v) is 7.06.